The molecule has 0 saturated heterocycles. The fourth-order valence-corrected chi connectivity index (χ4v) is 4.97. The fraction of sp³-hybridized carbons (Fsp3) is 1.00. The second-order valence-electron chi connectivity index (χ2n) is 8.25. The van der Waals surface area contributed by atoms with E-state index in [0.717, 1.165) is 5.92 Å². The van der Waals surface area contributed by atoms with E-state index in [-0.39, 0.29) is 0 Å². The van der Waals surface area contributed by atoms with Gasteiger partial charge in [0.1, 0.15) is 0 Å². The van der Waals surface area contributed by atoms with Gasteiger partial charge in [0.15, 0.2) is 8.32 Å². The van der Waals surface area contributed by atoms with Crippen molar-refractivity contribution in [1.82, 2.24) is 5.32 Å². The first kappa shape index (κ1) is 21.2. The summed E-state index contributed by atoms with van der Waals surface area (Å²) in [6.07, 6.45) is 18.7. The van der Waals surface area contributed by atoms with Crippen LogP contribution in [0.2, 0.25) is 19.1 Å². The van der Waals surface area contributed by atoms with Gasteiger partial charge in [-0.2, -0.15) is 0 Å². The van der Waals surface area contributed by atoms with Crippen molar-refractivity contribution < 1.29 is 4.43 Å². The largest absolute Gasteiger partial charge is 0.420 e. The van der Waals surface area contributed by atoms with Crippen molar-refractivity contribution in [2.45, 2.75) is 103 Å². The minimum absolute atomic E-state index is 0.981. The van der Waals surface area contributed by atoms with Crippen LogP contribution in [0.1, 0.15) is 83.5 Å². The van der Waals surface area contributed by atoms with Crippen molar-refractivity contribution in [3.63, 3.8) is 0 Å². The minimum atomic E-state index is -1.29. The average molecular weight is 342 g/mol. The molecule has 3 heteroatoms. The molecular weight excluding hydrogens is 298 g/mol. The fourth-order valence-electron chi connectivity index (χ4n) is 3.66. The van der Waals surface area contributed by atoms with E-state index in [4.69, 9.17) is 4.43 Å². The van der Waals surface area contributed by atoms with E-state index in [2.05, 4.69) is 18.4 Å². The second-order valence-corrected chi connectivity index (χ2v) is 12.7. The van der Waals surface area contributed by atoms with Gasteiger partial charge in [0, 0.05) is 7.11 Å². The molecule has 0 unspecified atom stereocenters. The molecule has 23 heavy (non-hydrogen) atoms. The summed E-state index contributed by atoms with van der Waals surface area (Å²) in [5.74, 6) is 0.981. The van der Waals surface area contributed by atoms with Crippen LogP contribution in [0.5, 0.6) is 0 Å². The molecule has 0 aromatic rings. The number of hydrogen-bond donors (Lipinski definition) is 1. The Morgan fingerprint density at radius 2 is 1.39 bits per heavy atom. The highest BCUT2D eigenvalue weighted by Gasteiger charge is 2.19. The van der Waals surface area contributed by atoms with Gasteiger partial charge in [-0.1, -0.05) is 64.2 Å². The molecule has 0 aromatic carbocycles. The maximum Gasteiger partial charge on any atom is 0.186 e. The zero-order valence-corrected chi connectivity index (χ0v) is 17.3. The molecule has 1 aliphatic carbocycles. The summed E-state index contributed by atoms with van der Waals surface area (Å²) in [6, 6.07) is 1.33. The van der Waals surface area contributed by atoms with Crippen molar-refractivity contribution in [3.05, 3.63) is 0 Å². The molecule has 0 bridgehead atoms. The van der Waals surface area contributed by atoms with Gasteiger partial charge >= 0.3 is 0 Å². The molecule has 0 radical (unpaired) electrons. The molecule has 0 aliphatic heterocycles. The summed E-state index contributed by atoms with van der Waals surface area (Å²) in [5, 5.41) is 3.69. The van der Waals surface area contributed by atoms with Crippen molar-refractivity contribution in [2.24, 2.45) is 5.92 Å². The highest BCUT2D eigenvalue weighted by atomic mass is 28.4. The lowest BCUT2D eigenvalue weighted by atomic mass is 9.89. The minimum Gasteiger partial charge on any atom is -0.420 e. The lowest BCUT2D eigenvalue weighted by Gasteiger charge is -2.21. The van der Waals surface area contributed by atoms with Gasteiger partial charge in [0.2, 0.25) is 0 Å². The molecule has 0 aromatic heterocycles. The maximum absolute atomic E-state index is 5.60. The number of hydrogen-bond acceptors (Lipinski definition) is 2. The Labute approximate surface area is 147 Å². The highest BCUT2D eigenvalue weighted by Crippen LogP contribution is 2.22. The normalized spacial score (nSPS) is 16.8. The quantitative estimate of drug-likeness (QED) is 0.303. The van der Waals surface area contributed by atoms with Crippen LogP contribution in [0.3, 0.4) is 0 Å². The summed E-state index contributed by atoms with van der Waals surface area (Å²) in [6.45, 7) is 7.18. The van der Waals surface area contributed by atoms with E-state index in [1.54, 1.807) is 0 Å². The van der Waals surface area contributed by atoms with E-state index in [0.29, 0.717) is 0 Å². The summed E-state index contributed by atoms with van der Waals surface area (Å²) < 4.78 is 5.60. The first-order valence-corrected chi connectivity index (χ1v) is 13.5. The van der Waals surface area contributed by atoms with Gasteiger partial charge in [0.05, 0.1) is 0 Å². The predicted octanol–water partition coefficient (Wildman–Crippen LogP) is 6.13. The van der Waals surface area contributed by atoms with Gasteiger partial charge in [-0.05, 0) is 57.4 Å². The molecule has 138 valence electrons. The Balaban J connectivity index is 1.74. The molecule has 1 aliphatic rings. The van der Waals surface area contributed by atoms with Crippen LogP contribution >= 0.6 is 0 Å². The summed E-state index contributed by atoms with van der Waals surface area (Å²) in [4.78, 5) is 0. The SMILES string of the molecule is CO[Si](C)(C)CCCCCCCCCCNCC1CCCCC1. The molecule has 1 N–H and O–H groups in total. The maximum atomic E-state index is 5.60. The van der Waals surface area contributed by atoms with E-state index in [9.17, 15) is 0 Å². The van der Waals surface area contributed by atoms with Crippen LogP contribution in [-0.2, 0) is 4.43 Å². The topological polar surface area (TPSA) is 21.3 Å². The zero-order valence-electron chi connectivity index (χ0n) is 16.3. The zero-order chi connectivity index (χ0) is 16.8. The third kappa shape index (κ3) is 12.2. The van der Waals surface area contributed by atoms with Gasteiger partial charge in [-0.3, -0.25) is 0 Å². The van der Waals surface area contributed by atoms with E-state index in [1.165, 1.54) is 103 Å². The number of nitrogens with one attached hydrogen (secondary N) is 1. The van der Waals surface area contributed by atoms with Crippen LogP contribution < -0.4 is 5.32 Å². The number of unbranched alkanes of at least 4 members (excludes halogenated alkanes) is 7. The smallest absolute Gasteiger partial charge is 0.186 e. The van der Waals surface area contributed by atoms with Crippen molar-refractivity contribution in [1.29, 1.82) is 0 Å². The standard InChI is InChI=1S/C20H43NOSi/c1-22-23(2,3)18-14-9-7-5-4-6-8-13-17-21-19-20-15-11-10-12-16-20/h20-21H,4-19H2,1-3H3. The molecule has 0 atom stereocenters. The van der Waals surface area contributed by atoms with Gasteiger partial charge in [-0.15, -0.1) is 0 Å². The Hall–Kier alpha value is 0.137. The van der Waals surface area contributed by atoms with Gasteiger partial charge in [0.25, 0.3) is 0 Å². The van der Waals surface area contributed by atoms with Crippen molar-refractivity contribution >= 4 is 8.32 Å². The van der Waals surface area contributed by atoms with Gasteiger partial charge < -0.3 is 9.74 Å². The monoisotopic (exact) mass is 341 g/mol. The van der Waals surface area contributed by atoms with Crippen molar-refractivity contribution in [2.75, 3.05) is 20.2 Å². The van der Waals surface area contributed by atoms with Crippen LogP contribution in [0, 0.1) is 5.92 Å². The third-order valence-corrected chi connectivity index (χ3v) is 8.26. The van der Waals surface area contributed by atoms with Crippen LogP contribution in [0.25, 0.3) is 0 Å². The van der Waals surface area contributed by atoms with Crippen LogP contribution in [-0.4, -0.2) is 28.5 Å². The summed E-state index contributed by atoms with van der Waals surface area (Å²) >= 11 is 0. The van der Waals surface area contributed by atoms with Gasteiger partial charge in [-0.25, -0.2) is 0 Å². The molecule has 1 rings (SSSR count). The molecule has 0 spiro atoms. The predicted molar refractivity (Wildman–Crippen MR) is 106 cm³/mol. The number of rotatable bonds is 14. The third-order valence-electron chi connectivity index (χ3n) is 5.59. The molecule has 2 nitrogen and oxygen atoms in total. The second kappa shape index (κ2) is 13.4. The lowest BCUT2D eigenvalue weighted by molar-refractivity contribution is 0.341. The first-order valence-electron chi connectivity index (χ1n) is 10.4. The molecule has 1 saturated carbocycles. The van der Waals surface area contributed by atoms with E-state index in [1.807, 2.05) is 7.11 Å². The Morgan fingerprint density at radius 3 is 2.00 bits per heavy atom. The molecule has 0 amide bonds. The molecule has 0 heterocycles. The molecular formula is C20H43NOSi. The highest BCUT2D eigenvalue weighted by molar-refractivity contribution is 6.71. The summed E-state index contributed by atoms with van der Waals surface area (Å²) in [7, 11) is 0.594. The molecule has 1 fully saturated rings. The van der Waals surface area contributed by atoms with Crippen LogP contribution in [0.4, 0.5) is 0 Å². The van der Waals surface area contributed by atoms with E-state index < -0.39 is 8.32 Å². The first-order chi connectivity index (χ1) is 11.1. The average Bonchev–Trinajstić information content (AvgIpc) is 2.57. The Morgan fingerprint density at radius 1 is 0.826 bits per heavy atom. The van der Waals surface area contributed by atoms with E-state index >= 15 is 0 Å². The summed E-state index contributed by atoms with van der Waals surface area (Å²) in [5.41, 5.74) is 0. The lowest BCUT2D eigenvalue weighted by Crippen LogP contribution is -2.27. The Kier molecular flexibility index (Phi) is 12.4. The van der Waals surface area contributed by atoms with Crippen LogP contribution in [0.15, 0.2) is 0 Å². The Bertz CT molecular complexity index is 264. The van der Waals surface area contributed by atoms with Crippen molar-refractivity contribution in [3.8, 4) is 0 Å².